The number of nitrogens with zero attached hydrogens (tertiary/aromatic N) is 2. The maximum Gasteiger partial charge on any atom is 0.0151 e. The minimum Gasteiger partial charge on any atom is -0.301 e. The van der Waals surface area contributed by atoms with E-state index in [-0.39, 0.29) is 0 Å². The van der Waals surface area contributed by atoms with Gasteiger partial charge in [0.2, 0.25) is 0 Å². The summed E-state index contributed by atoms with van der Waals surface area (Å²) >= 11 is 0. The third-order valence-corrected chi connectivity index (χ3v) is 4.30. The van der Waals surface area contributed by atoms with E-state index in [4.69, 9.17) is 0 Å². The number of hydrogen-bond donors (Lipinski definition) is 0. The monoisotopic (exact) mass is 210 g/mol. The first-order valence-electron chi connectivity index (χ1n) is 6.59. The van der Waals surface area contributed by atoms with Gasteiger partial charge >= 0.3 is 0 Å². The van der Waals surface area contributed by atoms with Crippen LogP contribution >= 0.6 is 0 Å². The SMILES string of the molecule is CC(C)N1CCC2C(CCN2C(C)C)C1. The van der Waals surface area contributed by atoms with E-state index in [1.807, 2.05) is 0 Å². The lowest BCUT2D eigenvalue weighted by Gasteiger charge is -2.41. The Kier molecular flexibility index (Phi) is 3.36. The smallest absolute Gasteiger partial charge is 0.0151 e. The van der Waals surface area contributed by atoms with Gasteiger partial charge in [-0.3, -0.25) is 4.90 Å². The highest BCUT2D eigenvalue weighted by atomic mass is 15.3. The second-order valence-electron chi connectivity index (χ2n) is 5.83. The number of hydrogen-bond acceptors (Lipinski definition) is 2. The lowest BCUT2D eigenvalue weighted by atomic mass is 9.92. The van der Waals surface area contributed by atoms with Crippen LogP contribution in [0.4, 0.5) is 0 Å². The molecule has 0 radical (unpaired) electrons. The van der Waals surface area contributed by atoms with Crippen LogP contribution < -0.4 is 0 Å². The molecule has 0 aliphatic carbocycles. The molecule has 15 heavy (non-hydrogen) atoms. The average molecular weight is 210 g/mol. The second kappa shape index (κ2) is 4.42. The molecule has 2 heterocycles. The lowest BCUT2D eigenvalue weighted by molar-refractivity contribution is 0.0782. The zero-order valence-corrected chi connectivity index (χ0v) is 10.7. The first-order chi connectivity index (χ1) is 7.09. The predicted molar refractivity (Wildman–Crippen MR) is 65.1 cm³/mol. The maximum absolute atomic E-state index is 2.72. The maximum atomic E-state index is 2.72. The molecule has 2 saturated heterocycles. The largest absolute Gasteiger partial charge is 0.301 e. The summed E-state index contributed by atoms with van der Waals surface area (Å²) < 4.78 is 0. The Hall–Kier alpha value is -0.0800. The van der Waals surface area contributed by atoms with Gasteiger partial charge in [0.1, 0.15) is 0 Å². The van der Waals surface area contributed by atoms with E-state index in [9.17, 15) is 0 Å². The molecule has 0 aromatic rings. The first kappa shape index (κ1) is 11.4. The molecule has 0 aromatic heterocycles. The second-order valence-corrected chi connectivity index (χ2v) is 5.83. The lowest BCUT2D eigenvalue weighted by Crippen LogP contribution is -2.49. The highest BCUT2D eigenvalue weighted by molar-refractivity contribution is 4.94. The number of likely N-dealkylation sites (tertiary alicyclic amines) is 2. The van der Waals surface area contributed by atoms with Crippen molar-refractivity contribution in [3.8, 4) is 0 Å². The van der Waals surface area contributed by atoms with E-state index in [0.717, 1.165) is 24.0 Å². The van der Waals surface area contributed by atoms with Gasteiger partial charge in [0, 0.05) is 24.7 Å². The molecule has 0 aromatic carbocycles. The van der Waals surface area contributed by atoms with Crippen molar-refractivity contribution in [2.24, 2.45) is 5.92 Å². The summed E-state index contributed by atoms with van der Waals surface area (Å²) in [6.07, 6.45) is 2.81. The highest BCUT2D eigenvalue weighted by Gasteiger charge is 2.39. The van der Waals surface area contributed by atoms with Crippen LogP contribution in [0.3, 0.4) is 0 Å². The molecule has 0 bridgehead atoms. The summed E-state index contributed by atoms with van der Waals surface area (Å²) in [5, 5.41) is 0. The summed E-state index contributed by atoms with van der Waals surface area (Å²) in [6, 6.07) is 2.37. The van der Waals surface area contributed by atoms with Gasteiger partial charge in [0.25, 0.3) is 0 Å². The van der Waals surface area contributed by atoms with Gasteiger partial charge in [0.05, 0.1) is 0 Å². The number of piperidine rings is 1. The highest BCUT2D eigenvalue weighted by Crippen LogP contribution is 2.33. The summed E-state index contributed by atoms with van der Waals surface area (Å²) in [4.78, 5) is 5.38. The van der Waals surface area contributed by atoms with Gasteiger partial charge in [-0.1, -0.05) is 0 Å². The molecular formula is C13H26N2. The van der Waals surface area contributed by atoms with Crippen LogP contribution in [0.1, 0.15) is 40.5 Å². The van der Waals surface area contributed by atoms with E-state index in [2.05, 4.69) is 37.5 Å². The van der Waals surface area contributed by atoms with E-state index < -0.39 is 0 Å². The van der Waals surface area contributed by atoms with Crippen molar-refractivity contribution >= 4 is 0 Å². The van der Waals surface area contributed by atoms with Gasteiger partial charge in [-0.05, 0) is 59.5 Å². The minimum atomic E-state index is 0.735. The fourth-order valence-corrected chi connectivity index (χ4v) is 3.36. The van der Waals surface area contributed by atoms with Gasteiger partial charge in [-0.2, -0.15) is 0 Å². The fraction of sp³-hybridized carbons (Fsp3) is 1.00. The summed E-state index contributed by atoms with van der Waals surface area (Å²) in [7, 11) is 0. The summed E-state index contributed by atoms with van der Waals surface area (Å²) in [6.45, 7) is 13.3. The van der Waals surface area contributed by atoms with Crippen molar-refractivity contribution in [3.63, 3.8) is 0 Å². The first-order valence-corrected chi connectivity index (χ1v) is 6.59. The predicted octanol–water partition coefficient (Wildman–Crippen LogP) is 2.20. The fourth-order valence-electron chi connectivity index (χ4n) is 3.36. The van der Waals surface area contributed by atoms with Gasteiger partial charge < -0.3 is 4.90 Å². The molecule has 0 N–H and O–H groups in total. The van der Waals surface area contributed by atoms with Crippen LogP contribution in [0, 0.1) is 5.92 Å². The zero-order chi connectivity index (χ0) is 11.0. The number of fused-ring (bicyclic) bond motifs is 1. The number of rotatable bonds is 2. The van der Waals surface area contributed by atoms with Crippen LogP contribution in [0.5, 0.6) is 0 Å². The summed E-state index contributed by atoms with van der Waals surface area (Å²) in [5.74, 6) is 0.948. The molecule has 2 nitrogen and oxygen atoms in total. The molecule has 0 saturated carbocycles. The molecule has 2 unspecified atom stereocenters. The molecule has 2 rings (SSSR count). The minimum absolute atomic E-state index is 0.735. The standard InChI is InChI=1S/C13H26N2/c1-10(2)14-7-6-13-12(9-14)5-8-15(13)11(3)4/h10-13H,5-9H2,1-4H3. The molecule has 2 fully saturated rings. The van der Waals surface area contributed by atoms with Crippen LogP contribution in [-0.4, -0.2) is 47.6 Å². The van der Waals surface area contributed by atoms with Crippen molar-refractivity contribution in [1.29, 1.82) is 0 Å². The molecule has 0 amide bonds. The van der Waals surface area contributed by atoms with Crippen LogP contribution in [0.25, 0.3) is 0 Å². The van der Waals surface area contributed by atoms with Crippen molar-refractivity contribution in [2.45, 2.75) is 58.7 Å². The Labute approximate surface area is 94.6 Å². The third kappa shape index (κ3) is 2.21. The van der Waals surface area contributed by atoms with Crippen molar-refractivity contribution in [1.82, 2.24) is 9.80 Å². The third-order valence-electron chi connectivity index (χ3n) is 4.30. The molecular weight excluding hydrogens is 184 g/mol. The van der Waals surface area contributed by atoms with Crippen LogP contribution in [0.15, 0.2) is 0 Å². The van der Waals surface area contributed by atoms with Gasteiger partial charge in [0.15, 0.2) is 0 Å². The Morgan fingerprint density at radius 2 is 1.67 bits per heavy atom. The molecule has 2 aliphatic heterocycles. The zero-order valence-electron chi connectivity index (χ0n) is 10.7. The van der Waals surface area contributed by atoms with E-state index in [1.54, 1.807) is 0 Å². The van der Waals surface area contributed by atoms with Crippen LogP contribution in [-0.2, 0) is 0 Å². The van der Waals surface area contributed by atoms with Crippen molar-refractivity contribution < 1.29 is 0 Å². The Bertz CT molecular complexity index is 213. The molecule has 0 spiro atoms. The average Bonchev–Trinajstić information content (AvgIpc) is 2.59. The van der Waals surface area contributed by atoms with E-state index >= 15 is 0 Å². The van der Waals surface area contributed by atoms with Gasteiger partial charge in [-0.25, -0.2) is 0 Å². The Morgan fingerprint density at radius 3 is 2.27 bits per heavy atom. The summed E-state index contributed by atoms with van der Waals surface area (Å²) in [5.41, 5.74) is 0. The Balaban J connectivity index is 1.96. The molecule has 2 aliphatic rings. The normalized spacial score (nSPS) is 34.0. The quantitative estimate of drug-likeness (QED) is 0.689. The molecule has 88 valence electrons. The van der Waals surface area contributed by atoms with Crippen LogP contribution in [0.2, 0.25) is 0 Å². The van der Waals surface area contributed by atoms with E-state index in [1.165, 1.54) is 32.5 Å². The molecule has 2 atom stereocenters. The molecule has 2 heteroatoms. The van der Waals surface area contributed by atoms with Gasteiger partial charge in [-0.15, -0.1) is 0 Å². The van der Waals surface area contributed by atoms with Crippen molar-refractivity contribution in [3.05, 3.63) is 0 Å². The van der Waals surface area contributed by atoms with E-state index in [0.29, 0.717) is 0 Å². The van der Waals surface area contributed by atoms with Crippen molar-refractivity contribution in [2.75, 3.05) is 19.6 Å². The Morgan fingerprint density at radius 1 is 0.933 bits per heavy atom. The topological polar surface area (TPSA) is 6.48 Å².